The lowest BCUT2D eigenvalue weighted by Crippen LogP contribution is -2.30. The highest BCUT2D eigenvalue weighted by molar-refractivity contribution is 5.94. The molecule has 0 saturated carbocycles. The maximum absolute atomic E-state index is 13.6. The Bertz CT molecular complexity index is 482. The van der Waals surface area contributed by atoms with Crippen molar-refractivity contribution in [2.24, 2.45) is 11.7 Å². The Labute approximate surface area is 117 Å². The second-order valence-electron chi connectivity index (χ2n) is 4.72. The number of likely N-dealkylation sites (tertiary alicyclic amines) is 1. The Hall–Kier alpha value is -1.20. The number of aryl methyl sites for hydroxylation is 1. The van der Waals surface area contributed by atoms with Crippen molar-refractivity contribution in [3.63, 3.8) is 0 Å². The molecule has 3 nitrogen and oxygen atoms in total. The molecule has 1 aromatic carbocycles. The Morgan fingerprint density at radius 3 is 2.68 bits per heavy atom. The van der Waals surface area contributed by atoms with Gasteiger partial charge in [0.25, 0.3) is 5.91 Å². The van der Waals surface area contributed by atoms with E-state index in [0.29, 0.717) is 19.6 Å². The fourth-order valence-corrected chi connectivity index (χ4v) is 2.20. The van der Waals surface area contributed by atoms with Crippen LogP contribution in [0.25, 0.3) is 0 Å². The lowest BCUT2D eigenvalue weighted by atomic mass is 10.1. The Morgan fingerprint density at radius 2 is 2.11 bits per heavy atom. The van der Waals surface area contributed by atoms with E-state index in [1.54, 1.807) is 4.90 Å². The van der Waals surface area contributed by atoms with Crippen LogP contribution in [0.15, 0.2) is 12.1 Å². The molecule has 1 atom stereocenters. The van der Waals surface area contributed by atoms with Crippen LogP contribution in [-0.4, -0.2) is 30.4 Å². The number of halogens is 3. The summed E-state index contributed by atoms with van der Waals surface area (Å²) < 4.78 is 26.7. The zero-order valence-corrected chi connectivity index (χ0v) is 11.5. The fraction of sp³-hybridized carbons (Fsp3) is 0.462. The minimum atomic E-state index is -0.806. The summed E-state index contributed by atoms with van der Waals surface area (Å²) >= 11 is 0. The largest absolute Gasteiger partial charge is 0.338 e. The molecule has 0 bridgehead atoms. The number of carbonyl (C=O) groups is 1. The SMILES string of the molecule is Cc1cc(C(=O)N2CCC(CN)C2)c(F)cc1F.Cl. The molecular formula is C13H17ClF2N2O. The Kier molecular flexibility index (Phi) is 5.26. The number of amides is 1. The number of nitrogens with two attached hydrogens (primary N) is 1. The monoisotopic (exact) mass is 290 g/mol. The van der Waals surface area contributed by atoms with Crippen molar-refractivity contribution in [2.45, 2.75) is 13.3 Å². The van der Waals surface area contributed by atoms with E-state index in [2.05, 4.69) is 0 Å². The van der Waals surface area contributed by atoms with E-state index >= 15 is 0 Å². The fourth-order valence-electron chi connectivity index (χ4n) is 2.20. The third-order valence-corrected chi connectivity index (χ3v) is 3.39. The van der Waals surface area contributed by atoms with Crippen LogP contribution in [0.5, 0.6) is 0 Å². The van der Waals surface area contributed by atoms with Gasteiger partial charge in [-0.25, -0.2) is 8.78 Å². The van der Waals surface area contributed by atoms with Crippen LogP contribution < -0.4 is 5.73 Å². The summed E-state index contributed by atoms with van der Waals surface area (Å²) in [6.07, 6.45) is 0.837. The highest BCUT2D eigenvalue weighted by Crippen LogP contribution is 2.21. The third kappa shape index (κ3) is 3.22. The van der Waals surface area contributed by atoms with Gasteiger partial charge in [0.05, 0.1) is 5.56 Å². The average molecular weight is 291 g/mol. The van der Waals surface area contributed by atoms with Crippen molar-refractivity contribution in [3.05, 3.63) is 34.9 Å². The van der Waals surface area contributed by atoms with Crippen LogP contribution in [0.1, 0.15) is 22.3 Å². The molecule has 0 aliphatic carbocycles. The van der Waals surface area contributed by atoms with Crippen molar-refractivity contribution in [3.8, 4) is 0 Å². The lowest BCUT2D eigenvalue weighted by molar-refractivity contribution is 0.0783. The molecule has 2 rings (SSSR count). The van der Waals surface area contributed by atoms with Crippen LogP contribution in [0.3, 0.4) is 0 Å². The smallest absolute Gasteiger partial charge is 0.256 e. The predicted octanol–water partition coefficient (Wildman–Crippen LogP) is 2.12. The topological polar surface area (TPSA) is 46.3 Å². The molecule has 19 heavy (non-hydrogen) atoms. The van der Waals surface area contributed by atoms with Gasteiger partial charge in [-0.2, -0.15) is 0 Å². The van der Waals surface area contributed by atoms with Gasteiger partial charge in [-0.15, -0.1) is 12.4 Å². The number of carbonyl (C=O) groups excluding carboxylic acids is 1. The average Bonchev–Trinajstić information content (AvgIpc) is 2.81. The van der Waals surface area contributed by atoms with Gasteiger partial charge in [-0.1, -0.05) is 0 Å². The van der Waals surface area contributed by atoms with E-state index in [1.807, 2.05) is 0 Å². The quantitative estimate of drug-likeness (QED) is 0.907. The molecule has 106 valence electrons. The van der Waals surface area contributed by atoms with E-state index in [0.717, 1.165) is 12.5 Å². The minimum absolute atomic E-state index is 0. The minimum Gasteiger partial charge on any atom is -0.338 e. The number of benzene rings is 1. The summed E-state index contributed by atoms with van der Waals surface area (Å²) in [5.41, 5.74) is 5.76. The first-order valence-electron chi connectivity index (χ1n) is 5.98. The maximum atomic E-state index is 13.6. The summed E-state index contributed by atoms with van der Waals surface area (Å²) in [5, 5.41) is 0. The van der Waals surface area contributed by atoms with Gasteiger partial charge in [0, 0.05) is 19.2 Å². The molecule has 1 fully saturated rings. The van der Waals surface area contributed by atoms with Crippen LogP contribution >= 0.6 is 12.4 Å². The summed E-state index contributed by atoms with van der Waals surface area (Å²) in [4.78, 5) is 13.7. The Balaban J connectivity index is 0.00000180. The standard InChI is InChI=1S/C13H16F2N2O.ClH/c1-8-4-10(12(15)5-11(8)14)13(18)17-3-2-9(6-16)7-17;/h4-5,9H,2-3,6-7,16H2,1H3;1H. The van der Waals surface area contributed by atoms with Crippen molar-refractivity contribution < 1.29 is 13.6 Å². The van der Waals surface area contributed by atoms with Gasteiger partial charge < -0.3 is 10.6 Å². The molecule has 1 aliphatic heterocycles. The van der Waals surface area contributed by atoms with Crippen molar-refractivity contribution in [1.29, 1.82) is 0 Å². The third-order valence-electron chi connectivity index (χ3n) is 3.39. The molecular weight excluding hydrogens is 274 g/mol. The molecule has 1 heterocycles. The zero-order chi connectivity index (χ0) is 13.3. The molecule has 0 radical (unpaired) electrons. The molecule has 6 heteroatoms. The van der Waals surface area contributed by atoms with E-state index in [1.165, 1.54) is 13.0 Å². The molecule has 1 unspecified atom stereocenters. The second kappa shape index (κ2) is 6.30. The lowest BCUT2D eigenvalue weighted by Gasteiger charge is -2.17. The molecule has 0 spiro atoms. The van der Waals surface area contributed by atoms with Gasteiger partial charge in [0.1, 0.15) is 11.6 Å². The highest BCUT2D eigenvalue weighted by atomic mass is 35.5. The molecule has 1 aliphatic rings. The molecule has 1 saturated heterocycles. The molecule has 0 aromatic heterocycles. The summed E-state index contributed by atoms with van der Waals surface area (Å²) in [5.74, 6) is -1.55. The predicted molar refractivity (Wildman–Crippen MR) is 71.4 cm³/mol. The van der Waals surface area contributed by atoms with E-state index in [-0.39, 0.29) is 35.4 Å². The maximum Gasteiger partial charge on any atom is 0.256 e. The Morgan fingerprint density at radius 1 is 1.42 bits per heavy atom. The second-order valence-corrected chi connectivity index (χ2v) is 4.72. The van der Waals surface area contributed by atoms with E-state index in [9.17, 15) is 13.6 Å². The van der Waals surface area contributed by atoms with Crippen LogP contribution in [0, 0.1) is 24.5 Å². The van der Waals surface area contributed by atoms with Gasteiger partial charge in [-0.05, 0) is 37.4 Å². The highest BCUT2D eigenvalue weighted by Gasteiger charge is 2.27. The molecule has 2 N–H and O–H groups in total. The van der Waals surface area contributed by atoms with Crippen molar-refractivity contribution in [2.75, 3.05) is 19.6 Å². The first-order chi connectivity index (χ1) is 8.52. The first-order valence-corrected chi connectivity index (χ1v) is 5.98. The zero-order valence-electron chi connectivity index (χ0n) is 10.7. The van der Waals surface area contributed by atoms with Crippen molar-refractivity contribution in [1.82, 2.24) is 4.90 Å². The summed E-state index contributed by atoms with van der Waals surface area (Å²) in [7, 11) is 0. The van der Waals surface area contributed by atoms with Crippen molar-refractivity contribution >= 4 is 18.3 Å². The normalized spacial score (nSPS) is 18.3. The van der Waals surface area contributed by atoms with Gasteiger partial charge in [0.2, 0.25) is 0 Å². The van der Waals surface area contributed by atoms with Crippen LogP contribution in [0.2, 0.25) is 0 Å². The number of nitrogens with zero attached hydrogens (tertiary/aromatic N) is 1. The van der Waals surface area contributed by atoms with Crippen LogP contribution in [0.4, 0.5) is 8.78 Å². The van der Waals surface area contributed by atoms with Gasteiger partial charge >= 0.3 is 0 Å². The first kappa shape index (κ1) is 15.9. The number of rotatable bonds is 2. The summed E-state index contributed by atoms with van der Waals surface area (Å²) in [6.45, 7) is 3.16. The van der Waals surface area contributed by atoms with E-state index in [4.69, 9.17) is 5.73 Å². The molecule has 1 amide bonds. The van der Waals surface area contributed by atoms with Gasteiger partial charge in [-0.3, -0.25) is 4.79 Å². The van der Waals surface area contributed by atoms with Gasteiger partial charge in [0.15, 0.2) is 0 Å². The van der Waals surface area contributed by atoms with E-state index < -0.39 is 11.6 Å². The van der Waals surface area contributed by atoms with Crippen LogP contribution in [-0.2, 0) is 0 Å². The summed E-state index contributed by atoms with van der Waals surface area (Å²) in [6, 6.07) is 2.03. The molecule has 1 aromatic rings. The number of hydrogen-bond acceptors (Lipinski definition) is 2. The number of hydrogen-bond donors (Lipinski definition) is 1.